The Bertz CT molecular complexity index is 197. The van der Waals surface area contributed by atoms with Gasteiger partial charge in [-0.05, 0) is 12.3 Å². The molecule has 2 nitrogen and oxygen atoms in total. The van der Waals surface area contributed by atoms with E-state index in [0.29, 0.717) is 0 Å². The standard InChI is InChI=1S/C10H18N2S/c11-9-7-13-10(12-9)6-8-4-2-1-3-5-8/h8-9H,1-7,11H2. The Morgan fingerprint density at radius 2 is 2.08 bits per heavy atom. The van der Waals surface area contributed by atoms with Gasteiger partial charge in [-0.15, -0.1) is 11.8 Å². The maximum atomic E-state index is 5.72. The second kappa shape index (κ2) is 4.47. The van der Waals surface area contributed by atoms with Crippen molar-refractivity contribution in [3.63, 3.8) is 0 Å². The van der Waals surface area contributed by atoms with E-state index in [2.05, 4.69) is 4.99 Å². The third-order valence-corrected chi connectivity index (χ3v) is 4.03. The van der Waals surface area contributed by atoms with E-state index in [1.165, 1.54) is 43.6 Å². The molecule has 1 aliphatic heterocycles. The molecule has 0 aromatic rings. The van der Waals surface area contributed by atoms with Crippen LogP contribution in [0.1, 0.15) is 38.5 Å². The van der Waals surface area contributed by atoms with Gasteiger partial charge in [-0.3, -0.25) is 4.99 Å². The molecule has 0 bridgehead atoms. The maximum absolute atomic E-state index is 5.72. The Morgan fingerprint density at radius 1 is 1.31 bits per heavy atom. The average molecular weight is 198 g/mol. The van der Waals surface area contributed by atoms with Crippen LogP contribution in [-0.4, -0.2) is 17.0 Å². The number of nitrogens with zero attached hydrogens (tertiary/aromatic N) is 1. The lowest BCUT2D eigenvalue weighted by molar-refractivity contribution is 0.369. The van der Waals surface area contributed by atoms with E-state index in [9.17, 15) is 0 Å². The lowest BCUT2D eigenvalue weighted by Crippen LogP contribution is -2.15. The van der Waals surface area contributed by atoms with Crippen LogP contribution < -0.4 is 5.73 Å². The summed E-state index contributed by atoms with van der Waals surface area (Å²) in [4.78, 5) is 4.44. The van der Waals surface area contributed by atoms with E-state index in [1.54, 1.807) is 0 Å². The van der Waals surface area contributed by atoms with Crippen LogP contribution in [0.2, 0.25) is 0 Å². The molecule has 1 fully saturated rings. The van der Waals surface area contributed by atoms with Gasteiger partial charge in [0, 0.05) is 5.75 Å². The number of nitrogens with two attached hydrogens (primary N) is 1. The van der Waals surface area contributed by atoms with Crippen LogP contribution in [-0.2, 0) is 0 Å². The molecule has 1 atom stereocenters. The van der Waals surface area contributed by atoms with Crippen molar-refractivity contribution >= 4 is 16.8 Å². The molecule has 0 amide bonds. The molecule has 0 aromatic carbocycles. The molecule has 0 aromatic heterocycles. The quantitative estimate of drug-likeness (QED) is 0.740. The molecule has 3 heteroatoms. The summed E-state index contributed by atoms with van der Waals surface area (Å²) < 4.78 is 0. The minimum Gasteiger partial charge on any atom is -0.309 e. The summed E-state index contributed by atoms with van der Waals surface area (Å²) in [5.74, 6) is 1.91. The zero-order valence-corrected chi connectivity index (χ0v) is 8.85. The molecule has 1 heterocycles. The summed E-state index contributed by atoms with van der Waals surface area (Å²) >= 11 is 1.87. The fraction of sp³-hybridized carbons (Fsp3) is 0.900. The van der Waals surface area contributed by atoms with Crippen LogP contribution in [0, 0.1) is 5.92 Å². The molecule has 74 valence electrons. The predicted octanol–water partition coefficient (Wildman–Crippen LogP) is 2.39. The van der Waals surface area contributed by atoms with Gasteiger partial charge in [0.2, 0.25) is 0 Å². The first kappa shape index (κ1) is 9.53. The SMILES string of the molecule is NC1CSC(CC2CCCCC2)=N1. The van der Waals surface area contributed by atoms with Crippen LogP contribution in [0.15, 0.2) is 4.99 Å². The van der Waals surface area contributed by atoms with Gasteiger partial charge >= 0.3 is 0 Å². The summed E-state index contributed by atoms with van der Waals surface area (Å²) in [6, 6.07) is 0. The van der Waals surface area contributed by atoms with Crippen LogP contribution in [0.5, 0.6) is 0 Å². The number of hydrogen-bond donors (Lipinski definition) is 1. The van der Waals surface area contributed by atoms with Crippen molar-refractivity contribution in [3.05, 3.63) is 0 Å². The molecule has 0 saturated heterocycles. The topological polar surface area (TPSA) is 38.4 Å². The Hall–Kier alpha value is -0.0200. The van der Waals surface area contributed by atoms with E-state index in [-0.39, 0.29) is 6.17 Å². The van der Waals surface area contributed by atoms with Crippen molar-refractivity contribution in [2.45, 2.75) is 44.7 Å². The van der Waals surface area contributed by atoms with E-state index >= 15 is 0 Å². The molecule has 1 aliphatic carbocycles. The Kier molecular flexibility index (Phi) is 3.28. The summed E-state index contributed by atoms with van der Waals surface area (Å²) in [5, 5.41) is 1.32. The Balaban J connectivity index is 1.80. The lowest BCUT2D eigenvalue weighted by Gasteiger charge is -2.20. The molecule has 0 spiro atoms. The fourth-order valence-corrected chi connectivity index (χ4v) is 3.19. The summed E-state index contributed by atoms with van der Waals surface area (Å²) in [5.41, 5.74) is 5.72. The second-order valence-electron chi connectivity index (χ2n) is 4.11. The highest BCUT2D eigenvalue weighted by atomic mass is 32.2. The summed E-state index contributed by atoms with van der Waals surface area (Å²) in [6.45, 7) is 0. The van der Waals surface area contributed by atoms with Crippen molar-refractivity contribution in [1.29, 1.82) is 0 Å². The van der Waals surface area contributed by atoms with E-state index in [1.807, 2.05) is 11.8 Å². The fourth-order valence-electron chi connectivity index (χ4n) is 2.19. The van der Waals surface area contributed by atoms with Crippen LogP contribution in [0.4, 0.5) is 0 Å². The van der Waals surface area contributed by atoms with Gasteiger partial charge in [0.25, 0.3) is 0 Å². The van der Waals surface area contributed by atoms with Crippen LogP contribution >= 0.6 is 11.8 Å². The number of hydrogen-bond acceptors (Lipinski definition) is 3. The summed E-state index contributed by atoms with van der Waals surface area (Å²) in [7, 11) is 0. The molecule has 2 N–H and O–H groups in total. The first-order valence-corrected chi connectivity index (χ1v) is 6.28. The Morgan fingerprint density at radius 3 is 2.69 bits per heavy atom. The predicted molar refractivity (Wildman–Crippen MR) is 59.1 cm³/mol. The Labute approximate surface area is 84.4 Å². The van der Waals surface area contributed by atoms with Gasteiger partial charge < -0.3 is 5.73 Å². The smallest absolute Gasteiger partial charge is 0.107 e. The van der Waals surface area contributed by atoms with Crippen molar-refractivity contribution in [2.24, 2.45) is 16.6 Å². The highest BCUT2D eigenvalue weighted by Gasteiger charge is 2.20. The van der Waals surface area contributed by atoms with Crippen molar-refractivity contribution in [1.82, 2.24) is 0 Å². The molecule has 2 aliphatic rings. The molecular formula is C10H18N2S. The third kappa shape index (κ3) is 2.71. The van der Waals surface area contributed by atoms with Crippen LogP contribution in [0.25, 0.3) is 0 Å². The van der Waals surface area contributed by atoms with Gasteiger partial charge in [-0.25, -0.2) is 0 Å². The normalized spacial score (nSPS) is 30.5. The van der Waals surface area contributed by atoms with Gasteiger partial charge in [-0.1, -0.05) is 32.1 Å². The van der Waals surface area contributed by atoms with Gasteiger partial charge in [0.05, 0.1) is 5.04 Å². The summed E-state index contributed by atoms with van der Waals surface area (Å²) in [6.07, 6.45) is 8.41. The zero-order valence-electron chi connectivity index (χ0n) is 8.04. The largest absolute Gasteiger partial charge is 0.309 e. The van der Waals surface area contributed by atoms with E-state index in [4.69, 9.17) is 5.73 Å². The van der Waals surface area contributed by atoms with Crippen molar-refractivity contribution in [3.8, 4) is 0 Å². The number of thioether (sulfide) groups is 1. The minimum absolute atomic E-state index is 0.0867. The highest BCUT2D eigenvalue weighted by Crippen LogP contribution is 2.30. The molecule has 1 unspecified atom stereocenters. The average Bonchev–Trinajstić information content (AvgIpc) is 2.53. The maximum Gasteiger partial charge on any atom is 0.107 e. The van der Waals surface area contributed by atoms with E-state index in [0.717, 1.165) is 11.7 Å². The molecule has 0 radical (unpaired) electrons. The lowest BCUT2D eigenvalue weighted by atomic mass is 9.87. The number of rotatable bonds is 2. The molecule has 1 saturated carbocycles. The van der Waals surface area contributed by atoms with Gasteiger partial charge in [-0.2, -0.15) is 0 Å². The monoisotopic (exact) mass is 198 g/mol. The zero-order chi connectivity index (χ0) is 9.10. The second-order valence-corrected chi connectivity index (χ2v) is 5.20. The minimum atomic E-state index is 0.0867. The number of aliphatic imine (C=N–C) groups is 1. The van der Waals surface area contributed by atoms with E-state index < -0.39 is 0 Å². The molecule has 13 heavy (non-hydrogen) atoms. The van der Waals surface area contributed by atoms with Gasteiger partial charge in [0.1, 0.15) is 6.17 Å². The molecule has 2 rings (SSSR count). The highest BCUT2D eigenvalue weighted by molar-refractivity contribution is 8.14. The van der Waals surface area contributed by atoms with Crippen molar-refractivity contribution in [2.75, 3.05) is 5.75 Å². The van der Waals surface area contributed by atoms with Crippen LogP contribution in [0.3, 0.4) is 0 Å². The first-order chi connectivity index (χ1) is 6.34. The van der Waals surface area contributed by atoms with Crippen molar-refractivity contribution < 1.29 is 0 Å². The third-order valence-electron chi connectivity index (χ3n) is 2.92. The molecular weight excluding hydrogens is 180 g/mol. The van der Waals surface area contributed by atoms with Gasteiger partial charge in [0.15, 0.2) is 0 Å². The first-order valence-electron chi connectivity index (χ1n) is 5.29.